The normalized spacial score (nSPS) is 10.1. The van der Waals surface area contributed by atoms with Gasteiger partial charge in [0.15, 0.2) is 12.4 Å². The minimum Gasteiger partial charge on any atom is -0.482 e. The number of aliphatic carboxylic acids is 1. The maximum atomic E-state index is 12.4. The number of carbonyl (C=O) groups excluding carboxylic acids is 2. The molecule has 0 fully saturated rings. The van der Waals surface area contributed by atoms with E-state index in [-0.39, 0.29) is 24.1 Å². The molecule has 0 saturated heterocycles. The van der Waals surface area contributed by atoms with E-state index in [1.807, 2.05) is 0 Å². The molecule has 27 heavy (non-hydrogen) atoms. The van der Waals surface area contributed by atoms with Crippen molar-refractivity contribution in [3.63, 3.8) is 0 Å². The molecule has 0 aromatic heterocycles. The fourth-order valence-electron chi connectivity index (χ4n) is 2.27. The molecule has 0 aliphatic heterocycles. The summed E-state index contributed by atoms with van der Waals surface area (Å²) in [6, 6.07) is 12.3. The van der Waals surface area contributed by atoms with Crippen LogP contribution < -0.4 is 10.5 Å². The van der Waals surface area contributed by atoms with Crippen molar-refractivity contribution in [3.8, 4) is 5.75 Å². The second-order valence-electron chi connectivity index (χ2n) is 5.78. The summed E-state index contributed by atoms with van der Waals surface area (Å²) in [6.45, 7) is -0.588. The van der Waals surface area contributed by atoms with Crippen LogP contribution in [0.4, 0.5) is 0 Å². The van der Waals surface area contributed by atoms with E-state index in [9.17, 15) is 14.4 Å². The van der Waals surface area contributed by atoms with Gasteiger partial charge in [-0.1, -0.05) is 12.1 Å². The lowest BCUT2D eigenvalue weighted by Gasteiger charge is -2.16. The van der Waals surface area contributed by atoms with Crippen LogP contribution >= 0.6 is 0 Å². The van der Waals surface area contributed by atoms with Crippen molar-refractivity contribution >= 4 is 23.5 Å². The van der Waals surface area contributed by atoms with Crippen molar-refractivity contribution in [3.05, 3.63) is 65.2 Å². The lowest BCUT2D eigenvalue weighted by molar-refractivity contribution is -0.139. The summed E-state index contributed by atoms with van der Waals surface area (Å²) in [4.78, 5) is 36.5. The Kier molecular flexibility index (Phi) is 6.27. The Bertz CT molecular complexity index is 860. The largest absolute Gasteiger partial charge is 0.482 e. The van der Waals surface area contributed by atoms with Gasteiger partial charge in [-0.05, 0) is 36.4 Å². The molecule has 8 nitrogen and oxygen atoms in total. The van der Waals surface area contributed by atoms with Crippen molar-refractivity contribution in [2.75, 3.05) is 20.2 Å². The molecule has 0 unspecified atom stereocenters. The number of nitrogens with one attached hydrogen (secondary N) is 1. The van der Waals surface area contributed by atoms with Gasteiger partial charge in [0.1, 0.15) is 11.6 Å². The van der Waals surface area contributed by atoms with E-state index in [0.29, 0.717) is 22.4 Å². The van der Waals surface area contributed by atoms with E-state index < -0.39 is 12.6 Å². The zero-order valence-corrected chi connectivity index (χ0v) is 14.6. The first-order valence-corrected chi connectivity index (χ1v) is 7.95. The Balaban J connectivity index is 1.98. The summed E-state index contributed by atoms with van der Waals surface area (Å²) < 4.78 is 5.01. The van der Waals surface area contributed by atoms with Crippen LogP contribution in [0, 0.1) is 5.41 Å². The lowest BCUT2D eigenvalue weighted by Crippen LogP contribution is -2.32. The molecule has 0 radical (unpaired) electrons. The Hall–Kier alpha value is -3.68. The standard InChI is InChI=1S/C19H19N3O5/c1-22(19(26)14-4-2-13(3-5-14)18(20)21)10-16(23)12-6-8-15(9-7-12)27-11-17(24)25/h2-9H,10-11H2,1H3,(H3,20,21)(H,24,25). The summed E-state index contributed by atoms with van der Waals surface area (Å²) in [5.74, 6) is -1.44. The van der Waals surface area contributed by atoms with E-state index in [1.54, 1.807) is 24.3 Å². The van der Waals surface area contributed by atoms with Crippen LogP contribution in [0.3, 0.4) is 0 Å². The summed E-state index contributed by atoms with van der Waals surface area (Å²) in [6.07, 6.45) is 0. The number of carboxylic acids is 1. The first-order valence-electron chi connectivity index (χ1n) is 7.95. The number of rotatable bonds is 8. The number of ether oxygens (including phenoxy) is 1. The Morgan fingerprint density at radius 1 is 1.00 bits per heavy atom. The SMILES string of the molecule is CN(CC(=O)c1ccc(OCC(=O)O)cc1)C(=O)c1ccc(C(=N)N)cc1. The van der Waals surface area contributed by atoms with E-state index in [0.717, 1.165) is 0 Å². The Morgan fingerprint density at radius 3 is 2.04 bits per heavy atom. The summed E-state index contributed by atoms with van der Waals surface area (Å²) in [5.41, 5.74) is 6.65. The molecular formula is C19H19N3O5. The first kappa shape index (κ1) is 19.6. The number of amidine groups is 1. The van der Waals surface area contributed by atoms with Crippen molar-refractivity contribution in [1.82, 2.24) is 4.90 Å². The van der Waals surface area contributed by atoms with E-state index in [2.05, 4.69) is 0 Å². The Labute approximate surface area is 155 Å². The van der Waals surface area contributed by atoms with E-state index in [4.69, 9.17) is 21.0 Å². The molecule has 0 saturated carbocycles. The molecule has 4 N–H and O–H groups in total. The number of nitrogens with zero attached hydrogens (tertiary/aromatic N) is 1. The highest BCUT2D eigenvalue weighted by Gasteiger charge is 2.16. The number of benzene rings is 2. The number of carbonyl (C=O) groups is 3. The Morgan fingerprint density at radius 2 is 1.52 bits per heavy atom. The molecule has 0 bridgehead atoms. The molecule has 0 aliphatic rings. The average molecular weight is 369 g/mol. The van der Waals surface area contributed by atoms with Crippen LogP contribution in [0.5, 0.6) is 5.75 Å². The minimum absolute atomic E-state index is 0.0895. The van der Waals surface area contributed by atoms with E-state index in [1.165, 1.54) is 36.2 Å². The monoisotopic (exact) mass is 369 g/mol. The van der Waals surface area contributed by atoms with Gasteiger partial charge >= 0.3 is 5.97 Å². The van der Waals surface area contributed by atoms with E-state index >= 15 is 0 Å². The summed E-state index contributed by atoms with van der Waals surface area (Å²) in [5, 5.41) is 15.9. The van der Waals surface area contributed by atoms with Gasteiger partial charge in [0, 0.05) is 23.7 Å². The average Bonchev–Trinajstić information content (AvgIpc) is 2.66. The molecule has 8 heteroatoms. The number of likely N-dealkylation sites (N-methyl/N-ethyl adjacent to an activating group) is 1. The number of amides is 1. The quantitative estimate of drug-likeness (QED) is 0.366. The third-order valence-corrected chi connectivity index (χ3v) is 3.71. The molecule has 0 atom stereocenters. The van der Waals surface area contributed by atoms with Gasteiger partial charge in [-0.15, -0.1) is 0 Å². The highest BCUT2D eigenvalue weighted by Crippen LogP contribution is 2.13. The third-order valence-electron chi connectivity index (χ3n) is 3.71. The van der Waals surface area contributed by atoms with Gasteiger partial charge in [0.25, 0.3) is 5.91 Å². The topological polar surface area (TPSA) is 134 Å². The number of ketones is 1. The third kappa shape index (κ3) is 5.40. The van der Waals surface area contributed by atoms with Crippen LogP contribution in [0.15, 0.2) is 48.5 Å². The first-order chi connectivity index (χ1) is 12.8. The lowest BCUT2D eigenvalue weighted by atomic mass is 10.1. The highest BCUT2D eigenvalue weighted by molar-refractivity contribution is 6.02. The van der Waals surface area contributed by atoms with Crippen LogP contribution in [0.25, 0.3) is 0 Å². The van der Waals surface area contributed by atoms with Gasteiger partial charge in [-0.25, -0.2) is 4.79 Å². The second-order valence-corrected chi connectivity index (χ2v) is 5.78. The molecular weight excluding hydrogens is 350 g/mol. The molecule has 2 aromatic carbocycles. The predicted molar refractivity (Wildman–Crippen MR) is 98.3 cm³/mol. The van der Waals surface area contributed by atoms with Crippen LogP contribution in [-0.2, 0) is 4.79 Å². The van der Waals surface area contributed by atoms with Crippen molar-refractivity contribution in [2.45, 2.75) is 0 Å². The fraction of sp³-hybridized carbons (Fsp3) is 0.158. The molecule has 2 aromatic rings. The van der Waals surface area contributed by atoms with Crippen molar-refractivity contribution in [2.24, 2.45) is 5.73 Å². The fourth-order valence-corrected chi connectivity index (χ4v) is 2.27. The summed E-state index contributed by atoms with van der Waals surface area (Å²) in [7, 11) is 1.52. The highest BCUT2D eigenvalue weighted by atomic mass is 16.5. The van der Waals surface area contributed by atoms with Gasteiger partial charge < -0.3 is 20.5 Å². The number of hydrogen-bond acceptors (Lipinski definition) is 5. The maximum Gasteiger partial charge on any atom is 0.341 e. The van der Waals surface area contributed by atoms with Gasteiger partial charge in [-0.3, -0.25) is 15.0 Å². The molecule has 140 valence electrons. The number of nitrogens with two attached hydrogens (primary N) is 1. The molecule has 0 spiro atoms. The molecule has 0 heterocycles. The zero-order chi connectivity index (χ0) is 20.0. The molecule has 2 rings (SSSR count). The number of hydrogen-bond donors (Lipinski definition) is 3. The van der Waals surface area contributed by atoms with Gasteiger partial charge in [-0.2, -0.15) is 0 Å². The van der Waals surface area contributed by atoms with Crippen molar-refractivity contribution in [1.29, 1.82) is 5.41 Å². The number of carboxylic acid groups (broad SMARTS) is 1. The van der Waals surface area contributed by atoms with Gasteiger partial charge in [0.05, 0.1) is 6.54 Å². The van der Waals surface area contributed by atoms with Crippen LogP contribution in [0.2, 0.25) is 0 Å². The van der Waals surface area contributed by atoms with Crippen LogP contribution in [-0.4, -0.2) is 53.7 Å². The number of Topliss-reactive ketones (excluding diaryl/α,β-unsaturated/α-hetero) is 1. The van der Waals surface area contributed by atoms with Gasteiger partial charge in [0.2, 0.25) is 0 Å². The molecule has 1 amide bonds. The minimum atomic E-state index is -1.09. The van der Waals surface area contributed by atoms with Crippen molar-refractivity contribution < 1.29 is 24.2 Å². The molecule has 0 aliphatic carbocycles. The smallest absolute Gasteiger partial charge is 0.341 e. The summed E-state index contributed by atoms with van der Waals surface area (Å²) >= 11 is 0. The number of nitrogen functional groups attached to an aromatic ring is 1. The van der Waals surface area contributed by atoms with Crippen LogP contribution in [0.1, 0.15) is 26.3 Å². The predicted octanol–water partition coefficient (Wildman–Crippen LogP) is 1.39. The second kappa shape index (κ2) is 8.61. The zero-order valence-electron chi connectivity index (χ0n) is 14.6. The maximum absolute atomic E-state index is 12.4.